The number of ether oxygens (including phenoxy) is 10. The summed E-state index contributed by atoms with van der Waals surface area (Å²) in [6, 6.07) is 5.15. The highest BCUT2D eigenvalue weighted by atomic mass is 16.7. The van der Waals surface area contributed by atoms with E-state index in [0.29, 0.717) is 17.9 Å². The minimum atomic E-state index is -2.01. The number of aliphatic hydroxyl groups excluding tert-OH is 2. The third kappa shape index (κ3) is 12.3. The van der Waals surface area contributed by atoms with Gasteiger partial charge in [0.2, 0.25) is 6.79 Å². The third-order valence-corrected chi connectivity index (χ3v) is 14.5. The van der Waals surface area contributed by atoms with Gasteiger partial charge in [-0.2, -0.15) is 0 Å². The van der Waals surface area contributed by atoms with Gasteiger partial charge in [-0.3, -0.25) is 9.59 Å². The first-order valence-corrected chi connectivity index (χ1v) is 23.6. The fourth-order valence-corrected chi connectivity index (χ4v) is 10.2. The van der Waals surface area contributed by atoms with Crippen LogP contribution < -0.4 is 9.47 Å². The molecular formula is C50H77NO16. The van der Waals surface area contributed by atoms with Gasteiger partial charge >= 0.3 is 11.9 Å². The normalized spacial score (nSPS) is 41.4. The number of cyclic esters (lactones) is 1. The maximum Gasteiger partial charge on any atom is 0.331 e. The Labute approximate surface area is 396 Å². The maximum atomic E-state index is 14.5. The Morgan fingerprint density at radius 3 is 2.18 bits per heavy atom. The van der Waals surface area contributed by atoms with Gasteiger partial charge < -0.3 is 67.6 Å². The van der Waals surface area contributed by atoms with Gasteiger partial charge in [0, 0.05) is 44.5 Å². The van der Waals surface area contributed by atoms with Crippen molar-refractivity contribution >= 4 is 23.8 Å². The van der Waals surface area contributed by atoms with Gasteiger partial charge in [-0.25, -0.2) is 4.79 Å². The van der Waals surface area contributed by atoms with Crippen LogP contribution in [0, 0.1) is 23.7 Å². The number of Topliss-reactive ketones (excluding diaryl/α,β-unsaturated/α-hetero) is 1. The van der Waals surface area contributed by atoms with Crippen molar-refractivity contribution in [3.05, 3.63) is 42.0 Å². The molecule has 4 aliphatic rings. The Morgan fingerprint density at radius 1 is 0.866 bits per heavy atom. The number of allylic oxidation sites excluding steroid dienone is 2. The van der Waals surface area contributed by atoms with E-state index in [0.717, 1.165) is 5.56 Å². The number of benzene rings is 1. The maximum absolute atomic E-state index is 14.5. The number of likely N-dealkylation sites (N-methyl/N-ethyl adjacent to an activating group) is 1. The zero-order valence-electron chi connectivity index (χ0n) is 41.8. The molecule has 0 amide bonds. The summed E-state index contributed by atoms with van der Waals surface area (Å²) in [6.45, 7) is 17.1. The van der Waals surface area contributed by atoms with E-state index in [1.165, 1.54) is 27.2 Å². The predicted molar refractivity (Wildman–Crippen MR) is 246 cm³/mol. The Bertz CT molecular complexity index is 1910. The number of nitrogens with zero attached hydrogens (tertiary/aromatic N) is 1. The molecule has 0 aliphatic carbocycles. The van der Waals surface area contributed by atoms with Crippen LogP contribution in [0.3, 0.4) is 0 Å². The van der Waals surface area contributed by atoms with E-state index < -0.39 is 108 Å². The van der Waals surface area contributed by atoms with Crippen LogP contribution in [0.1, 0.15) is 100 Å². The number of esters is 2. The molecule has 1 aromatic rings. The van der Waals surface area contributed by atoms with Gasteiger partial charge in [0.1, 0.15) is 23.6 Å². The lowest BCUT2D eigenvalue weighted by molar-refractivity contribution is -0.320. The first kappa shape index (κ1) is 54.5. The first-order chi connectivity index (χ1) is 31.4. The van der Waals surface area contributed by atoms with E-state index in [1.807, 2.05) is 57.1 Å². The largest absolute Gasteiger partial charge is 0.459 e. The lowest BCUT2D eigenvalue weighted by Gasteiger charge is -2.50. The van der Waals surface area contributed by atoms with Crippen LogP contribution >= 0.6 is 0 Å². The number of hydrogen-bond donors (Lipinski definition) is 3. The van der Waals surface area contributed by atoms with Crippen molar-refractivity contribution in [1.82, 2.24) is 4.90 Å². The molecular weight excluding hydrogens is 871 g/mol. The van der Waals surface area contributed by atoms with Gasteiger partial charge in [-0.15, -0.1) is 0 Å². The van der Waals surface area contributed by atoms with E-state index in [2.05, 4.69) is 0 Å². The zero-order chi connectivity index (χ0) is 49.8. The lowest BCUT2D eigenvalue weighted by Crippen LogP contribution is -2.62. The van der Waals surface area contributed by atoms with E-state index in [1.54, 1.807) is 60.6 Å². The lowest BCUT2D eigenvalue weighted by atomic mass is 9.74. The molecule has 0 aromatic heterocycles. The molecule has 0 bridgehead atoms. The number of fused-ring (bicyclic) bond motifs is 1. The Hall–Kier alpha value is -3.49. The standard InChI is InChI=1S/C50H77NO16/c1-15-37-50(10,57)43(54)29(4)40(53)27(2)24-49(9,59-14)45(30(5)41(31(6)46(56)64-37)66-39-25-48(8,58-13)44(55)32(7)63-39)67-47-42(34(51(11)12)22-28(3)62-47)65-38(52)19-17-16-18-33-20-21-35-36(23-33)61-26-60-35/h16-21,23,27-32,34,37,39,41-45,47,54-55,57H,15,22,24-26H2,1-14H3/b18-16+,19-17+/t27-,28+,29+,30-,31+,32-,34-,37-,39-,41+,42+,43+,44-,45-,47-,48+,49-,50-/m1/s1. The van der Waals surface area contributed by atoms with E-state index >= 15 is 0 Å². The topological polar surface area (TPSA) is 207 Å². The number of ketones is 1. The average Bonchev–Trinajstić information content (AvgIpc) is 3.76. The summed E-state index contributed by atoms with van der Waals surface area (Å²) < 4.78 is 62.2. The number of rotatable bonds is 12. The van der Waals surface area contributed by atoms with Gasteiger partial charge in [0.05, 0.1) is 53.7 Å². The molecule has 4 aliphatic heterocycles. The summed E-state index contributed by atoms with van der Waals surface area (Å²) in [4.78, 5) is 44.4. The highest BCUT2D eigenvalue weighted by Crippen LogP contribution is 2.42. The Kier molecular flexibility index (Phi) is 18.3. The van der Waals surface area contributed by atoms with Crippen LogP contribution in [0.4, 0.5) is 0 Å². The number of aliphatic hydroxyl groups is 3. The van der Waals surface area contributed by atoms with E-state index in [-0.39, 0.29) is 44.0 Å². The first-order valence-electron chi connectivity index (χ1n) is 23.6. The molecule has 378 valence electrons. The summed E-state index contributed by atoms with van der Waals surface area (Å²) in [7, 11) is 6.75. The van der Waals surface area contributed by atoms with E-state index in [9.17, 15) is 29.7 Å². The van der Waals surface area contributed by atoms with Gasteiger partial charge in [-0.05, 0) is 92.6 Å². The Morgan fingerprint density at radius 2 is 1.54 bits per heavy atom. The molecule has 1 aromatic carbocycles. The fourth-order valence-electron chi connectivity index (χ4n) is 10.2. The van der Waals surface area contributed by atoms with Crippen molar-refractivity contribution < 1.29 is 77.1 Å². The summed E-state index contributed by atoms with van der Waals surface area (Å²) in [5.74, 6) is -4.18. The molecule has 3 fully saturated rings. The predicted octanol–water partition coefficient (Wildman–Crippen LogP) is 4.99. The minimum absolute atomic E-state index is 0.0481. The highest BCUT2D eigenvalue weighted by Gasteiger charge is 2.54. The van der Waals surface area contributed by atoms with Crippen LogP contribution in [-0.2, 0) is 52.3 Å². The van der Waals surface area contributed by atoms with Crippen LogP contribution in [-0.4, -0.2) is 157 Å². The van der Waals surface area contributed by atoms with E-state index in [4.69, 9.17) is 47.4 Å². The molecule has 0 radical (unpaired) electrons. The molecule has 3 saturated heterocycles. The monoisotopic (exact) mass is 948 g/mol. The number of methoxy groups -OCH3 is 2. The molecule has 67 heavy (non-hydrogen) atoms. The van der Waals surface area contributed by atoms with Gasteiger partial charge in [0.25, 0.3) is 0 Å². The van der Waals surface area contributed by atoms with Crippen molar-refractivity contribution in [3.8, 4) is 11.5 Å². The summed E-state index contributed by atoms with van der Waals surface area (Å²) in [5.41, 5.74) is -3.60. The van der Waals surface area contributed by atoms with Crippen molar-refractivity contribution in [2.45, 2.75) is 179 Å². The number of carbonyl (C=O) groups excluding carboxylic acids is 3. The van der Waals surface area contributed by atoms with Gasteiger partial charge in [-0.1, -0.05) is 52.0 Å². The molecule has 17 heteroatoms. The van der Waals surface area contributed by atoms with Gasteiger partial charge in [0.15, 0.2) is 30.2 Å². The van der Waals surface area contributed by atoms with Crippen LogP contribution in [0.15, 0.2) is 36.4 Å². The molecule has 0 spiro atoms. The van der Waals surface area contributed by atoms with Crippen molar-refractivity contribution in [2.75, 3.05) is 35.1 Å². The molecule has 4 heterocycles. The second kappa shape index (κ2) is 22.5. The van der Waals surface area contributed by atoms with Crippen molar-refractivity contribution in [2.24, 2.45) is 23.7 Å². The molecule has 3 N–H and O–H groups in total. The Balaban J connectivity index is 1.57. The highest BCUT2D eigenvalue weighted by molar-refractivity contribution is 5.84. The minimum Gasteiger partial charge on any atom is -0.459 e. The van der Waals surface area contributed by atoms with Crippen molar-refractivity contribution in [1.29, 1.82) is 0 Å². The fraction of sp³-hybridized carbons (Fsp3) is 0.740. The quantitative estimate of drug-likeness (QED) is 0.143. The molecule has 18 atom stereocenters. The molecule has 0 saturated carbocycles. The van der Waals surface area contributed by atoms with Crippen LogP contribution in [0.5, 0.6) is 11.5 Å². The molecule has 0 unspecified atom stereocenters. The molecule has 5 rings (SSSR count). The number of hydrogen-bond acceptors (Lipinski definition) is 17. The smallest absolute Gasteiger partial charge is 0.331 e. The van der Waals surface area contributed by atoms with Crippen LogP contribution in [0.2, 0.25) is 0 Å². The summed E-state index contributed by atoms with van der Waals surface area (Å²) >= 11 is 0. The molecule has 17 nitrogen and oxygen atoms in total. The second-order valence-electron chi connectivity index (χ2n) is 19.9. The van der Waals surface area contributed by atoms with Crippen molar-refractivity contribution in [3.63, 3.8) is 0 Å². The average molecular weight is 948 g/mol. The summed E-state index contributed by atoms with van der Waals surface area (Å²) in [5, 5.41) is 34.5. The third-order valence-electron chi connectivity index (χ3n) is 14.5. The van der Waals surface area contributed by atoms with Crippen LogP contribution in [0.25, 0.3) is 6.08 Å². The second-order valence-corrected chi connectivity index (χ2v) is 19.9. The zero-order valence-corrected chi connectivity index (χ0v) is 41.8. The SMILES string of the molecule is CC[C@H]1OC(=O)[C@@H](C)[C@@H](O[C@@H]2C[C@](C)(OC)[C@H](O)[C@@H](C)O2)[C@@H](C)[C@@H](O[C@H]2O[C@@H](C)C[C@@H](N(C)C)[C@@H]2OC(=O)/C=C/C=C/c2ccc3c(c2)OCO3)[C@](C)(OC)C[C@@H](C)C(=O)[C@H](C)[C@H](O)[C@]1(C)O. The summed E-state index contributed by atoms with van der Waals surface area (Å²) in [6.07, 6.45) is -3.11. The number of carbonyl (C=O) groups is 3.